The largest absolute Gasteiger partial charge is 1.00 e. The molecule has 0 amide bonds. The van der Waals surface area contributed by atoms with Gasteiger partial charge in [0.2, 0.25) is 0 Å². The van der Waals surface area contributed by atoms with Crippen molar-refractivity contribution in [1.82, 2.24) is 4.98 Å². The molecule has 2 aromatic rings. The van der Waals surface area contributed by atoms with Crippen molar-refractivity contribution in [3.8, 4) is 0 Å². The maximum absolute atomic E-state index is 4.61. The summed E-state index contributed by atoms with van der Waals surface area (Å²) >= 11 is 7.24. The first kappa shape index (κ1) is 21.0. The smallest absolute Gasteiger partial charge is 1.00 e. The number of benzene rings is 1. The van der Waals surface area contributed by atoms with Crippen LogP contribution in [-0.4, -0.2) is 11.7 Å². The van der Waals surface area contributed by atoms with E-state index in [1.54, 1.807) is 5.20 Å². The number of para-hydroxylation sites is 1. The number of rotatable bonds is 2. The molecule has 0 saturated carbocycles. The number of nitrogens with zero attached hydrogens (tertiary/aromatic N) is 1. The van der Waals surface area contributed by atoms with Crippen molar-refractivity contribution in [3.05, 3.63) is 57.3 Å². The molecule has 121 valence electrons. The number of fused-ring (bicyclic) bond motifs is 1. The number of pyridine rings is 1. The summed E-state index contributed by atoms with van der Waals surface area (Å²) in [6.07, 6.45) is 2.92. The van der Waals surface area contributed by atoms with Gasteiger partial charge < -0.3 is 24.8 Å². The van der Waals surface area contributed by atoms with Crippen LogP contribution in [0.1, 0.15) is 18.9 Å². The van der Waals surface area contributed by atoms with E-state index in [2.05, 4.69) is 80.8 Å². The summed E-state index contributed by atoms with van der Waals surface area (Å²) < 4.78 is 1.35. The first-order valence-electron chi connectivity index (χ1n) is 7.03. The monoisotopic (exact) mass is 464 g/mol. The first-order valence-corrected chi connectivity index (χ1v) is 12.9. The molecule has 23 heavy (non-hydrogen) atoms. The van der Waals surface area contributed by atoms with E-state index < -0.39 is 6.69 Å². The molecule has 3 rings (SSSR count). The first-order chi connectivity index (χ1) is 9.89. The van der Waals surface area contributed by atoms with Crippen molar-refractivity contribution in [1.29, 1.82) is 0 Å². The summed E-state index contributed by atoms with van der Waals surface area (Å²) in [7, 11) is 0. The second-order valence-corrected chi connectivity index (χ2v) is 16.1. The molecule has 0 atom stereocenters. The zero-order valence-electron chi connectivity index (χ0n) is 13.2. The maximum atomic E-state index is 4.61. The van der Waals surface area contributed by atoms with E-state index in [0.717, 1.165) is 11.9 Å². The fourth-order valence-electron chi connectivity index (χ4n) is 2.88. The molecule has 0 aliphatic heterocycles. The van der Waals surface area contributed by atoms with E-state index in [1.165, 1.54) is 26.5 Å². The fourth-order valence-corrected chi connectivity index (χ4v) is 7.36. The number of hydrogen-bond donors (Lipinski definition) is 0. The summed E-state index contributed by atoms with van der Waals surface area (Å²) in [6, 6.07) is 10.6. The molecule has 1 aromatic carbocycles. The minimum Gasteiger partial charge on any atom is -1.00 e. The maximum Gasteiger partial charge on any atom is -1.00 e. The van der Waals surface area contributed by atoms with Crippen molar-refractivity contribution in [3.63, 3.8) is 0 Å². The molecule has 0 N–H and O–H groups in total. The average Bonchev–Trinajstić information content (AvgIpc) is 2.75. The van der Waals surface area contributed by atoms with Gasteiger partial charge in [-0.25, -0.2) is 0 Å². The molecule has 1 aliphatic rings. The van der Waals surface area contributed by atoms with Gasteiger partial charge in [-0.15, -0.1) is 0 Å². The zero-order valence-corrected chi connectivity index (χ0v) is 18.5. The third-order valence-corrected chi connectivity index (χ3v) is 8.55. The van der Waals surface area contributed by atoms with E-state index in [0.29, 0.717) is 0 Å². The summed E-state index contributed by atoms with van der Waals surface area (Å²) in [5, 5.41) is 2.77. The standard InChI is InChI=1S/C17H17BrNSi.2ClH.Cr/c1-12-10-14(20(2,3)18)11-16(12)15-8-4-6-13-7-5-9-19-17(13)15;;;/h4-9H,11H2,1-3H3;2*1H;/q;;;+2/p-2. The van der Waals surface area contributed by atoms with E-state index in [4.69, 9.17) is 0 Å². The number of halogens is 3. The molecule has 0 saturated heterocycles. The van der Waals surface area contributed by atoms with Gasteiger partial charge in [0, 0.05) is 0 Å². The van der Waals surface area contributed by atoms with Gasteiger partial charge in [0.05, 0.1) is 0 Å². The Hall–Kier alpha value is -0.0806. The van der Waals surface area contributed by atoms with Crippen molar-refractivity contribution in [2.75, 3.05) is 0 Å². The molecule has 0 radical (unpaired) electrons. The fraction of sp³-hybridized carbons (Fsp3) is 0.235. The number of aromatic nitrogens is 1. The normalized spacial score (nSPS) is 14.7. The van der Waals surface area contributed by atoms with Crippen molar-refractivity contribution < 1.29 is 41.1 Å². The second-order valence-electron chi connectivity index (χ2n) is 5.94. The molecule has 1 aliphatic carbocycles. The Labute approximate surface area is 167 Å². The minimum atomic E-state index is -1.47. The molecular formula is C17H17BrCl2CrNSi. The van der Waals surface area contributed by atoms with E-state index in [-0.39, 0.29) is 24.8 Å². The summed E-state index contributed by atoms with van der Waals surface area (Å²) in [6.45, 7) is 5.44. The van der Waals surface area contributed by atoms with Gasteiger partial charge in [0.15, 0.2) is 0 Å². The SMILES string of the molecule is CC1=C(c2cccc3cccnc23)CC([Si](C)(C)Br)=[C]1[Cr+2].[Cl-].[Cl-]. The van der Waals surface area contributed by atoms with Crippen molar-refractivity contribution in [2.45, 2.75) is 26.4 Å². The Bertz CT molecular complexity index is 791. The van der Waals surface area contributed by atoms with Crippen LogP contribution in [0.5, 0.6) is 0 Å². The quantitative estimate of drug-likeness (QED) is 0.424. The third-order valence-electron chi connectivity index (χ3n) is 4.10. The molecule has 0 spiro atoms. The van der Waals surface area contributed by atoms with Crippen LogP contribution in [-0.2, 0) is 16.3 Å². The Morgan fingerprint density at radius 2 is 1.78 bits per heavy atom. The zero-order chi connectivity index (χ0) is 15.2. The minimum absolute atomic E-state index is 0. The van der Waals surface area contributed by atoms with Crippen LogP contribution in [0, 0.1) is 0 Å². The molecule has 0 bridgehead atoms. The molecule has 0 unspecified atom stereocenters. The molecule has 0 fully saturated rings. The van der Waals surface area contributed by atoms with Crippen LogP contribution in [0.4, 0.5) is 0 Å². The van der Waals surface area contributed by atoms with Gasteiger partial charge >= 0.3 is 143 Å². The Balaban J connectivity index is 0.00000132. The molecular weight excluding hydrogens is 449 g/mol. The predicted octanol–water partition coefficient (Wildman–Crippen LogP) is -0.640. The molecule has 1 nitrogen and oxygen atoms in total. The van der Waals surface area contributed by atoms with E-state index in [1.807, 2.05) is 12.3 Å². The molecule has 1 heterocycles. The van der Waals surface area contributed by atoms with Crippen LogP contribution in [0.3, 0.4) is 0 Å². The Morgan fingerprint density at radius 1 is 1.13 bits per heavy atom. The van der Waals surface area contributed by atoms with Gasteiger partial charge in [-0.2, -0.15) is 0 Å². The van der Waals surface area contributed by atoms with E-state index >= 15 is 0 Å². The predicted molar refractivity (Wildman–Crippen MR) is 92.4 cm³/mol. The Kier molecular flexibility index (Phi) is 7.17. The van der Waals surface area contributed by atoms with Gasteiger partial charge in [0.25, 0.3) is 0 Å². The topological polar surface area (TPSA) is 12.9 Å². The number of allylic oxidation sites excluding steroid dienone is 4. The van der Waals surface area contributed by atoms with Gasteiger partial charge in [-0.3, -0.25) is 0 Å². The number of hydrogen-bond acceptors (Lipinski definition) is 1. The third kappa shape index (κ3) is 3.95. The van der Waals surface area contributed by atoms with Crippen LogP contribution in [0.15, 0.2) is 51.7 Å². The van der Waals surface area contributed by atoms with Crippen LogP contribution < -0.4 is 24.8 Å². The summed E-state index contributed by atoms with van der Waals surface area (Å²) in [5.74, 6) is 0. The van der Waals surface area contributed by atoms with Gasteiger partial charge in [-0.1, -0.05) is 0 Å². The van der Waals surface area contributed by atoms with Crippen molar-refractivity contribution in [2.24, 2.45) is 0 Å². The van der Waals surface area contributed by atoms with Crippen molar-refractivity contribution >= 4 is 38.5 Å². The summed E-state index contributed by atoms with van der Waals surface area (Å²) in [5.41, 5.74) is 5.18. The molecule has 1 aromatic heterocycles. The molecule has 6 heteroatoms. The van der Waals surface area contributed by atoms with E-state index in [9.17, 15) is 0 Å². The van der Waals surface area contributed by atoms with Crippen LogP contribution >= 0.6 is 15.3 Å². The summed E-state index contributed by atoms with van der Waals surface area (Å²) in [4.78, 5) is 4.61. The van der Waals surface area contributed by atoms with Crippen LogP contribution in [0.25, 0.3) is 16.5 Å². The Morgan fingerprint density at radius 3 is 2.39 bits per heavy atom. The average molecular weight is 466 g/mol. The van der Waals surface area contributed by atoms with Crippen LogP contribution in [0.2, 0.25) is 13.1 Å². The van der Waals surface area contributed by atoms with Gasteiger partial charge in [0.1, 0.15) is 0 Å². The second kappa shape index (κ2) is 7.87. The van der Waals surface area contributed by atoms with Gasteiger partial charge in [-0.05, 0) is 0 Å².